The maximum absolute atomic E-state index is 12.3. The Morgan fingerprint density at radius 2 is 0.800 bits per heavy atom. The minimum atomic E-state index is -1.92. The summed E-state index contributed by atoms with van der Waals surface area (Å²) in [5, 5.41) is 2.40. The van der Waals surface area contributed by atoms with Gasteiger partial charge in [0.25, 0.3) is 1.45 Å². The summed E-state index contributed by atoms with van der Waals surface area (Å²) in [5.74, 6) is -1.72. The van der Waals surface area contributed by atoms with E-state index in [0.29, 0.717) is 25.1 Å². The van der Waals surface area contributed by atoms with Crippen LogP contribution in [-0.4, -0.2) is 31.5 Å². The van der Waals surface area contributed by atoms with Crippen LogP contribution in [0.4, 0.5) is 22.3 Å². The Bertz CT molecular complexity index is 727. The number of benzene rings is 3. The maximum Gasteiger partial charge on any atom is 0.269 e. The summed E-state index contributed by atoms with van der Waals surface area (Å²) in [5.41, 5.74) is 0. The number of halogens is 11. The van der Waals surface area contributed by atoms with Crippen LogP contribution in [0.25, 0.3) is 0 Å². The van der Waals surface area contributed by atoms with Crippen molar-refractivity contribution in [1.82, 2.24) is 0 Å². The van der Waals surface area contributed by atoms with E-state index in [4.69, 9.17) is 77.1 Å². The van der Waals surface area contributed by atoms with Crippen LogP contribution in [-0.2, 0) is 0 Å². The second-order valence-corrected chi connectivity index (χ2v) is 7.51. The third kappa shape index (κ3) is 26.1. The van der Waals surface area contributed by atoms with Gasteiger partial charge in [-0.15, -0.1) is 0 Å². The van der Waals surface area contributed by atoms with Crippen molar-refractivity contribution in [2.45, 2.75) is 13.6 Å². The molecule has 6 radical (unpaired) electrons. The van der Waals surface area contributed by atoms with E-state index in [9.17, 15) is 17.6 Å². The average molecular weight is 615 g/mol. The predicted octanol–water partition coefficient (Wildman–Crippen LogP) is 10.0. The van der Waals surface area contributed by atoms with Gasteiger partial charge in [0.2, 0.25) is 0 Å². The van der Waals surface area contributed by atoms with Crippen LogP contribution in [0.1, 0.15) is 2.74 Å². The normalized spacial score (nSPS) is 10.1. The largest absolute Gasteiger partial charge is 0.269 e. The third-order valence-corrected chi connectivity index (χ3v) is 3.79. The second kappa shape index (κ2) is 26.3. The van der Waals surface area contributed by atoms with Crippen molar-refractivity contribution in [3.8, 4) is 0 Å². The van der Waals surface area contributed by atoms with E-state index in [1.165, 1.54) is 25.0 Å². The molecule has 35 heavy (non-hydrogen) atoms. The van der Waals surface area contributed by atoms with Crippen LogP contribution >= 0.6 is 69.6 Å². The van der Waals surface area contributed by atoms with E-state index in [-0.39, 0.29) is 11.8 Å². The van der Waals surface area contributed by atoms with Gasteiger partial charge in [0.1, 0.15) is 25.3 Å². The molecule has 0 fully saturated rings. The molecule has 0 N–H and O–H groups in total. The smallest absolute Gasteiger partial charge is 0.269 e. The Kier molecular flexibility index (Phi) is 25.7. The van der Waals surface area contributed by atoms with E-state index < -0.39 is 24.0 Å². The monoisotopic (exact) mass is 612 g/mol. The lowest BCUT2D eigenvalue weighted by Crippen LogP contribution is -1.76. The van der Waals surface area contributed by atoms with Crippen molar-refractivity contribution < 1.29 is 25.0 Å². The zero-order chi connectivity index (χ0) is 30.8. The predicted molar refractivity (Wildman–Crippen MR) is 147 cm³/mol. The Labute approximate surface area is 241 Å². The fraction of sp³-hybridized carbons (Fsp3) is 0.143. The van der Waals surface area contributed by atoms with Gasteiger partial charge in [-0.3, -0.25) is 9.11 Å². The molecule has 1 atom stereocenters. The highest BCUT2D eigenvalue weighted by molar-refractivity contribution is 6.38. The summed E-state index contributed by atoms with van der Waals surface area (Å²) >= 11 is 32.9. The molecule has 14 heteroatoms. The minimum Gasteiger partial charge on any atom is -0.269 e. The highest BCUT2D eigenvalue weighted by Gasteiger charge is 1.96. The molecular weight excluding hydrogens is 592 g/mol. The average Bonchev–Trinajstić information content (AvgIpc) is 2.75. The topological polar surface area (TPSA) is 0 Å². The Morgan fingerprint density at radius 1 is 0.657 bits per heavy atom. The third-order valence-electron chi connectivity index (χ3n) is 2.48. The summed E-state index contributed by atoms with van der Waals surface area (Å²) in [6.07, 6.45) is 0. The lowest BCUT2D eigenvalue weighted by molar-refractivity contribution is 0.583. The van der Waals surface area contributed by atoms with E-state index in [2.05, 4.69) is 25.0 Å². The highest BCUT2D eigenvalue weighted by Crippen LogP contribution is 2.21. The molecule has 0 amide bonds. The molecule has 0 aliphatic heterocycles. The fourth-order valence-electron chi connectivity index (χ4n) is 1.56. The lowest BCUT2D eigenvalue weighted by Gasteiger charge is -1.91. The molecule has 188 valence electrons. The number of hydrogen-bond acceptors (Lipinski definition) is 0. The molecule has 0 bridgehead atoms. The van der Waals surface area contributed by atoms with Gasteiger partial charge >= 0.3 is 0 Å². The molecule has 0 aromatic heterocycles. The zero-order valence-corrected chi connectivity index (χ0v) is 22.4. The quantitative estimate of drug-likeness (QED) is 0.175. The Morgan fingerprint density at radius 3 is 0.971 bits per heavy atom. The van der Waals surface area contributed by atoms with Crippen molar-refractivity contribution in [3.05, 3.63) is 102 Å². The van der Waals surface area contributed by atoms with Crippen molar-refractivity contribution in [2.24, 2.45) is 0 Å². The van der Waals surface area contributed by atoms with E-state index in [1.54, 1.807) is 18.2 Å². The van der Waals surface area contributed by atoms with Gasteiger partial charge in [0, 0.05) is 44.1 Å². The summed E-state index contributed by atoms with van der Waals surface area (Å²) in [6, 6.07) is 11.6. The zero-order valence-electron chi connectivity index (χ0n) is 20.9. The van der Waals surface area contributed by atoms with E-state index >= 15 is 0 Å². The summed E-state index contributed by atoms with van der Waals surface area (Å²) in [6.45, 7) is -0.417. The van der Waals surface area contributed by atoms with Gasteiger partial charge in [-0.1, -0.05) is 83.2 Å². The molecular formula is C21H18B3Cl6F5. The standard InChI is InChI=1S/C6H3Cl3.C6H3Cl2F.C6H3ClF2.CH2BF.2CH3B.FH/c3*7-4-1-5(8)3-6(9)2-4;2-1-3;2*1-2;/h3*1-3H;1H2;2*1H3;1H/i;;;1D;1T;;/hD. The van der Waals surface area contributed by atoms with Gasteiger partial charge in [0.15, 0.2) is 0 Å². The SMILES string of the molecule is Clc1cc(Cl)cc(Cl)c1.Fc1cc(Cl)cc(Cl)c1.Fc1cc(F)cc(Cl)c1.[2H]C([B])F.[2H]F.[3H]C[B].[B]C. The molecule has 0 aliphatic rings. The van der Waals surface area contributed by atoms with E-state index in [0.717, 1.165) is 18.2 Å². The van der Waals surface area contributed by atoms with Crippen LogP contribution in [0.5, 0.6) is 0 Å². The van der Waals surface area contributed by atoms with Gasteiger partial charge in [-0.2, -0.15) is 0 Å². The maximum atomic E-state index is 12.3. The first-order valence-corrected chi connectivity index (χ1v) is 10.7. The van der Waals surface area contributed by atoms with Gasteiger partial charge in [-0.25, -0.2) is 13.2 Å². The van der Waals surface area contributed by atoms with Crippen LogP contribution < -0.4 is 0 Å². The van der Waals surface area contributed by atoms with Gasteiger partial charge in [-0.05, 0) is 48.5 Å². The Balaban J connectivity index is -0.000000192. The molecule has 3 aromatic carbocycles. The molecule has 3 rings (SSSR count). The van der Waals surface area contributed by atoms with Crippen molar-refractivity contribution in [3.63, 3.8) is 0 Å². The molecule has 1 unspecified atom stereocenters. The van der Waals surface area contributed by atoms with Crippen molar-refractivity contribution in [2.75, 3.05) is 6.55 Å². The number of hydrogen-bond donors (Lipinski definition) is 0. The highest BCUT2D eigenvalue weighted by atomic mass is 35.5. The lowest BCUT2D eigenvalue weighted by atomic mass is 10.2. The number of rotatable bonds is 0. The fourth-order valence-corrected chi connectivity index (χ4v) is 3.14. The Hall–Kier alpha value is -0.755. The van der Waals surface area contributed by atoms with Crippen LogP contribution in [0.15, 0.2) is 54.6 Å². The van der Waals surface area contributed by atoms with Crippen LogP contribution in [0.3, 0.4) is 0 Å². The van der Waals surface area contributed by atoms with Crippen molar-refractivity contribution >= 4 is 93.1 Å². The molecule has 0 spiro atoms. The van der Waals surface area contributed by atoms with Crippen molar-refractivity contribution in [1.29, 1.82) is 1.45 Å². The molecule has 0 saturated carbocycles. The molecule has 0 heterocycles. The molecule has 0 nitrogen and oxygen atoms in total. The number of alkyl halides is 1. The second-order valence-electron chi connectivity index (χ2n) is 4.89. The summed E-state index contributed by atoms with van der Waals surface area (Å²) in [4.78, 5) is 0. The first-order chi connectivity index (χ1) is 17.7. The summed E-state index contributed by atoms with van der Waals surface area (Å²) < 4.78 is 71.6. The first-order valence-electron chi connectivity index (χ1n) is 10.1. The van der Waals surface area contributed by atoms with Gasteiger partial charge in [0.05, 0.1) is 17.1 Å². The first kappa shape index (κ1) is 34.2. The van der Waals surface area contributed by atoms with Crippen LogP contribution in [0, 0.1) is 17.5 Å². The molecule has 0 saturated heterocycles. The van der Waals surface area contributed by atoms with E-state index in [1.807, 2.05) is 0 Å². The van der Waals surface area contributed by atoms with Gasteiger partial charge < -0.3 is 0 Å². The molecule has 0 aliphatic carbocycles. The van der Waals surface area contributed by atoms with Crippen LogP contribution in [0.2, 0.25) is 43.8 Å². The molecule has 3 aromatic rings. The minimum absolute atomic E-state index is 0. The summed E-state index contributed by atoms with van der Waals surface area (Å²) in [7, 11) is 13.1.